The largest absolute Gasteiger partial charge is 0.326 e. The molecule has 1 unspecified atom stereocenters. The second kappa shape index (κ2) is 8.45. The highest BCUT2D eigenvalue weighted by atomic mass is 32.2. The van der Waals surface area contributed by atoms with Crippen LogP contribution in [0.5, 0.6) is 0 Å². The molecule has 1 amide bonds. The second-order valence-corrected chi connectivity index (χ2v) is 8.95. The van der Waals surface area contributed by atoms with E-state index in [0.717, 1.165) is 25.7 Å². The van der Waals surface area contributed by atoms with E-state index in [-0.39, 0.29) is 12.5 Å². The Labute approximate surface area is 154 Å². The molecule has 2 aliphatic heterocycles. The lowest BCUT2D eigenvalue weighted by molar-refractivity contribution is -0.120. The molecule has 0 radical (unpaired) electrons. The van der Waals surface area contributed by atoms with Gasteiger partial charge in [0.05, 0.1) is 5.92 Å². The molecule has 6 nitrogen and oxygen atoms in total. The van der Waals surface area contributed by atoms with Crippen molar-refractivity contribution >= 4 is 21.8 Å². The quantitative estimate of drug-likeness (QED) is 0.869. The predicted octanol–water partition coefficient (Wildman–Crippen LogP) is 2.60. The first-order chi connectivity index (χ1) is 12.5. The summed E-state index contributed by atoms with van der Waals surface area (Å²) in [5.41, 5.74) is 0.391. The minimum atomic E-state index is -3.53. The van der Waals surface area contributed by atoms with Crippen LogP contribution < -0.4 is 5.32 Å². The van der Waals surface area contributed by atoms with E-state index in [2.05, 4.69) is 5.32 Å². The van der Waals surface area contributed by atoms with Gasteiger partial charge >= 0.3 is 0 Å². The smallest absolute Gasteiger partial charge is 0.281 e. The Hall–Kier alpha value is -1.51. The van der Waals surface area contributed by atoms with Crippen LogP contribution in [0.15, 0.2) is 24.3 Å². The zero-order valence-electron chi connectivity index (χ0n) is 14.9. The van der Waals surface area contributed by atoms with Gasteiger partial charge in [-0.3, -0.25) is 4.79 Å². The fourth-order valence-electron chi connectivity index (χ4n) is 3.61. The van der Waals surface area contributed by atoms with Crippen molar-refractivity contribution in [2.24, 2.45) is 5.92 Å². The molecule has 1 aromatic rings. The van der Waals surface area contributed by atoms with Gasteiger partial charge < -0.3 is 5.32 Å². The molecule has 1 N–H and O–H groups in total. The zero-order valence-corrected chi connectivity index (χ0v) is 15.7. The molecule has 26 heavy (non-hydrogen) atoms. The van der Waals surface area contributed by atoms with Crippen molar-refractivity contribution in [2.75, 3.05) is 31.5 Å². The first-order valence-electron chi connectivity index (χ1n) is 9.28. The standard InChI is InChI=1S/C18H26FN3O3S/c19-16-8-5-9-17(13-16)20-18(23)15-7-6-12-22(14-15)26(24,25)21-10-3-1-2-4-11-21/h5,8-9,13,15H,1-4,6-7,10-12,14H2,(H,20,23). The number of nitrogens with zero attached hydrogens (tertiary/aromatic N) is 2. The lowest BCUT2D eigenvalue weighted by Gasteiger charge is -2.34. The Kier molecular flexibility index (Phi) is 6.26. The summed E-state index contributed by atoms with van der Waals surface area (Å²) in [5, 5.41) is 2.70. The average molecular weight is 383 g/mol. The summed E-state index contributed by atoms with van der Waals surface area (Å²) < 4.78 is 42.1. The van der Waals surface area contributed by atoms with E-state index < -0.39 is 21.9 Å². The van der Waals surface area contributed by atoms with Gasteiger partial charge in [0.2, 0.25) is 5.91 Å². The van der Waals surface area contributed by atoms with Crippen LogP contribution >= 0.6 is 0 Å². The summed E-state index contributed by atoms with van der Waals surface area (Å²) in [5.74, 6) is -1.10. The van der Waals surface area contributed by atoms with Crippen LogP contribution in [-0.2, 0) is 15.0 Å². The van der Waals surface area contributed by atoms with E-state index in [0.29, 0.717) is 38.2 Å². The molecule has 2 heterocycles. The highest BCUT2D eigenvalue weighted by Crippen LogP contribution is 2.24. The third kappa shape index (κ3) is 4.61. The minimum Gasteiger partial charge on any atom is -0.326 e. The summed E-state index contributed by atoms with van der Waals surface area (Å²) >= 11 is 0. The Balaban J connectivity index is 1.65. The SMILES string of the molecule is O=C(Nc1cccc(F)c1)C1CCCN(S(=O)(=O)N2CCCCCC2)C1. The fraction of sp³-hybridized carbons (Fsp3) is 0.611. The van der Waals surface area contributed by atoms with E-state index in [1.54, 1.807) is 10.4 Å². The molecule has 0 aromatic heterocycles. The Morgan fingerprint density at radius 3 is 2.42 bits per heavy atom. The molecule has 1 aromatic carbocycles. The molecule has 2 saturated heterocycles. The third-order valence-corrected chi connectivity index (χ3v) is 7.07. The first-order valence-corrected chi connectivity index (χ1v) is 10.7. The number of rotatable bonds is 4. The number of carbonyl (C=O) groups excluding carboxylic acids is 1. The van der Waals surface area contributed by atoms with Crippen LogP contribution in [0.25, 0.3) is 0 Å². The van der Waals surface area contributed by atoms with E-state index in [9.17, 15) is 17.6 Å². The van der Waals surface area contributed by atoms with E-state index in [1.807, 2.05) is 0 Å². The van der Waals surface area contributed by atoms with Crippen molar-refractivity contribution < 1.29 is 17.6 Å². The van der Waals surface area contributed by atoms with Crippen LogP contribution in [-0.4, -0.2) is 49.1 Å². The number of amides is 1. The van der Waals surface area contributed by atoms with Gasteiger partial charge in [0, 0.05) is 31.9 Å². The topological polar surface area (TPSA) is 69.7 Å². The maximum atomic E-state index is 13.3. The molecule has 2 aliphatic rings. The van der Waals surface area contributed by atoms with Crippen LogP contribution in [0.2, 0.25) is 0 Å². The first kappa shape index (κ1) is 19.3. The van der Waals surface area contributed by atoms with E-state index in [1.165, 1.54) is 22.5 Å². The monoisotopic (exact) mass is 383 g/mol. The number of hydrogen-bond acceptors (Lipinski definition) is 3. The molecule has 3 rings (SSSR count). The van der Waals surface area contributed by atoms with Crippen LogP contribution in [0.4, 0.5) is 10.1 Å². The van der Waals surface area contributed by atoms with Gasteiger partial charge in [0.1, 0.15) is 5.82 Å². The van der Waals surface area contributed by atoms with E-state index in [4.69, 9.17) is 0 Å². The lowest BCUT2D eigenvalue weighted by atomic mass is 9.99. The van der Waals surface area contributed by atoms with Crippen LogP contribution in [0.3, 0.4) is 0 Å². The molecule has 144 valence electrons. The normalized spacial score (nSPS) is 23.3. The van der Waals surface area contributed by atoms with Gasteiger partial charge in [-0.1, -0.05) is 18.9 Å². The van der Waals surface area contributed by atoms with Crippen molar-refractivity contribution in [1.29, 1.82) is 0 Å². The van der Waals surface area contributed by atoms with Gasteiger partial charge in [-0.05, 0) is 43.9 Å². The van der Waals surface area contributed by atoms with Crippen molar-refractivity contribution in [2.45, 2.75) is 38.5 Å². The number of carbonyl (C=O) groups is 1. The number of nitrogens with one attached hydrogen (secondary N) is 1. The van der Waals surface area contributed by atoms with Gasteiger partial charge in [-0.15, -0.1) is 0 Å². The molecule has 0 saturated carbocycles. The minimum absolute atomic E-state index is 0.181. The van der Waals surface area contributed by atoms with Gasteiger partial charge in [0.25, 0.3) is 10.2 Å². The summed E-state index contributed by atoms with van der Waals surface area (Å²) in [6.45, 7) is 1.74. The molecule has 1 atom stereocenters. The maximum Gasteiger partial charge on any atom is 0.281 e. The van der Waals surface area contributed by atoms with Crippen molar-refractivity contribution in [3.8, 4) is 0 Å². The average Bonchev–Trinajstić information content (AvgIpc) is 2.92. The fourth-order valence-corrected chi connectivity index (χ4v) is 5.39. The number of halogens is 1. The van der Waals surface area contributed by atoms with E-state index >= 15 is 0 Å². The maximum absolute atomic E-state index is 13.3. The van der Waals surface area contributed by atoms with Crippen molar-refractivity contribution in [3.05, 3.63) is 30.1 Å². The summed E-state index contributed by atoms with van der Waals surface area (Å²) in [4.78, 5) is 12.5. The Morgan fingerprint density at radius 2 is 1.73 bits per heavy atom. The number of anilines is 1. The molecular formula is C18H26FN3O3S. The summed E-state index contributed by atoms with van der Waals surface area (Å²) in [6, 6.07) is 5.72. The van der Waals surface area contributed by atoms with Gasteiger partial charge in [-0.2, -0.15) is 17.0 Å². The molecule has 0 bridgehead atoms. The molecule has 0 aliphatic carbocycles. The lowest BCUT2D eigenvalue weighted by Crippen LogP contribution is -2.50. The zero-order chi connectivity index (χ0) is 18.6. The van der Waals surface area contributed by atoms with Gasteiger partial charge in [0.15, 0.2) is 0 Å². The van der Waals surface area contributed by atoms with Crippen LogP contribution in [0, 0.1) is 11.7 Å². The van der Waals surface area contributed by atoms with Crippen molar-refractivity contribution in [1.82, 2.24) is 8.61 Å². The van der Waals surface area contributed by atoms with Gasteiger partial charge in [-0.25, -0.2) is 4.39 Å². The number of benzene rings is 1. The Morgan fingerprint density at radius 1 is 1.04 bits per heavy atom. The molecule has 0 spiro atoms. The molecule has 2 fully saturated rings. The number of hydrogen-bond donors (Lipinski definition) is 1. The Bertz CT molecular complexity index is 733. The van der Waals surface area contributed by atoms with Crippen molar-refractivity contribution in [3.63, 3.8) is 0 Å². The van der Waals surface area contributed by atoms with Crippen LogP contribution in [0.1, 0.15) is 38.5 Å². The molecule has 8 heteroatoms. The predicted molar refractivity (Wildman–Crippen MR) is 98.3 cm³/mol. The number of piperidine rings is 1. The highest BCUT2D eigenvalue weighted by molar-refractivity contribution is 7.86. The second-order valence-electron chi connectivity index (χ2n) is 7.02. The third-order valence-electron chi connectivity index (χ3n) is 5.06. The summed E-state index contributed by atoms with van der Waals surface area (Å²) in [6.07, 6.45) is 5.17. The summed E-state index contributed by atoms with van der Waals surface area (Å²) in [7, 11) is -3.53. The highest BCUT2D eigenvalue weighted by Gasteiger charge is 2.36. The molecular weight excluding hydrogens is 357 g/mol.